The van der Waals surface area contributed by atoms with E-state index in [4.69, 9.17) is 0 Å². The normalized spacial score (nSPS) is 19.2. The third kappa shape index (κ3) is 3.90. The Kier molecular flexibility index (Phi) is 6.18. The van der Waals surface area contributed by atoms with Crippen LogP contribution in [0, 0.1) is 5.92 Å². The van der Waals surface area contributed by atoms with Gasteiger partial charge in [-0.2, -0.15) is 0 Å². The van der Waals surface area contributed by atoms with Crippen molar-refractivity contribution in [3.8, 4) is 0 Å². The van der Waals surface area contributed by atoms with Crippen molar-refractivity contribution >= 4 is 11.4 Å². The van der Waals surface area contributed by atoms with E-state index >= 15 is 0 Å². The van der Waals surface area contributed by atoms with Crippen molar-refractivity contribution in [1.82, 2.24) is 10.3 Å². The van der Waals surface area contributed by atoms with E-state index in [-0.39, 0.29) is 5.92 Å². The summed E-state index contributed by atoms with van der Waals surface area (Å²) >= 11 is 0. The molecule has 4 nitrogen and oxygen atoms in total. The number of pyridine rings is 1. The van der Waals surface area contributed by atoms with Gasteiger partial charge in [0.1, 0.15) is 0 Å². The molecule has 120 valence electrons. The van der Waals surface area contributed by atoms with Crippen molar-refractivity contribution in [1.29, 1.82) is 0 Å². The molecule has 0 spiro atoms. The van der Waals surface area contributed by atoms with E-state index in [1.54, 1.807) is 12.4 Å². The molecule has 1 aromatic heterocycles. The fourth-order valence-electron chi connectivity index (χ4n) is 2.64. The lowest BCUT2D eigenvalue weighted by Crippen LogP contribution is -2.24. The Hall–Kier alpha value is -2.33. The van der Waals surface area contributed by atoms with Gasteiger partial charge in [0.2, 0.25) is 0 Å². The van der Waals surface area contributed by atoms with Crippen LogP contribution in [-0.4, -0.2) is 30.0 Å². The molecule has 1 unspecified atom stereocenters. The minimum absolute atomic E-state index is 0.207. The maximum atomic E-state index is 4.67. The zero-order valence-corrected chi connectivity index (χ0v) is 14.2. The van der Waals surface area contributed by atoms with Crippen molar-refractivity contribution < 1.29 is 0 Å². The minimum atomic E-state index is 0.207. The first kappa shape index (κ1) is 17.0. The summed E-state index contributed by atoms with van der Waals surface area (Å²) in [5, 5.41) is 3.21. The smallest absolute Gasteiger partial charge is 0.0938 e. The number of aliphatic imine (C=N–C) groups is 2. The van der Waals surface area contributed by atoms with Gasteiger partial charge in [0.25, 0.3) is 0 Å². The van der Waals surface area contributed by atoms with Gasteiger partial charge >= 0.3 is 0 Å². The van der Waals surface area contributed by atoms with Crippen LogP contribution >= 0.6 is 0 Å². The van der Waals surface area contributed by atoms with Crippen LogP contribution in [0.3, 0.4) is 0 Å². The van der Waals surface area contributed by atoms with Gasteiger partial charge in [0.05, 0.1) is 11.4 Å². The summed E-state index contributed by atoms with van der Waals surface area (Å²) in [4.78, 5) is 13.5. The van der Waals surface area contributed by atoms with Crippen LogP contribution in [0.15, 0.2) is 70.2 Å². The summed E-state index contributed by atoms with van der Waals surface area (Å²) in [6.45, 7) is 7.04. The molecule has 0 saturated heterocycles. The first-order valence-electron chi connectivity index (χ1n) is 7.90. The molecule has 0 amide bonds. The average Bonchev–Trinajstić information content (AvgIpc) is 2.96. The van der Waals surface area contributed by atoms with Gasteiger partial charge in [-0.25, -0.2) is 0 Å². The van der Waals surface area contributed by atoms with Crippen LogP contribution in [0.2, 0.25) is 0 Å². The van der Waals surface area contributed by atoms with Gasteiger partial charge < -0.3 is 5.32 Å². The lowest BCUT2D eigenvalue weighted by molar-refractivity contribution is 0.847. The SMILES string of the molecule is C/C=C\N=C(C1=NC=C(/C(=C/C)CNC)C1C)c1cccnc1. The second-order valence-corrected chi connectivity index (χ2v) is 5.37. The summed E-state index contributed by atoms with van der Waals surface area (Å²) in [5.41, 5.74) is 5.38. The van der Waals surface area contributed by atoms with Crippen molar-refractivity contribution in [3.05, 3.63) is 65.8 Å². The van der Waals surface area contributed by atoms with Gasteiger partial charge in [0, 0.05) is 42.8 Å². The van der Waals surface area contributed by atoms with Crippen molar-refractivity contribution in [3.63, 3.8) is 0 Å². The summed E-state index contributed by atoms with van der Waals surface area (Å²) in [6, 6.07) is 3.94. The molecule has 1 aliphatic heterocycles. The van der Waals surface area contributed by atoms with E-state index in [1.165, 1.54) is 11.1 Å². The zero-order chi connectivity index (χ0) is 16.7. The Bertz CT molecular complexity index is 679. The molecule has 2 rings (SSSR count). The van der Waals surface area contributed by atoms with Gasteiger partial charge in [-0.05, 0) is 44.2 Å². The topological polar surface area (TPSA) is 49.6 Å². The summed E-state index contributed by atoms with van der Waals surface area (Å²) < 4.78 is 0. The molecule has 0 fully saturated rings. The van der Waals surface area contributed by atoms with Crippen LogP contribution in [0.4, 0.5) is 0 Å². The minimum Gasteiger partial charge on any atom is -0.316 e. The Morgan fingerprint density at radius 1 is 1.39 bits per heavy atom. The zero-order valence-electron chi connectivity index (χ0n) is 14.2. The van der Waals surface area contributed by atoms with E-state index in [0.29, 0.717) is 0 Å². The van der Waals surface area contributed by atoms with Crippen LogP contribution < -0.4 is 5.32 Å². The Labute approximate surface area is 138 Å². The highest BCUT2D eigenvalue weighted by molar-refractivity contribution is 6.50. The maximum Gasteiger partial charge on any atom is 0.0938 e. The van der Waals surface area contributed by atoms with Gasteiger partial charge in [0.15, 0.2) is 0 Å². The number of likely N-dealkylation sites (N-methyl/N-ethyl adjacent to an activating group) is 1. The monoisotopic (exact) mass is 308 g/mol. The molecule has 0 bridgehead atoms. The Balaban J connectivity index is 2.33. The number of allylic oxidation sites excluding steroid dienone is 2. The first-order valence-corrected chi connectivity index (χ1v) is 7.90. The number of nitrogens with zero attached hydrogens (tertiary/aromatic N) is 3. The maximum absolute atomic E-state index is 4.67. The number of rotatable bonds is 6. The van der Waals surface area contributed by atoms with Gasteiger partial charge in [-0.3, -0.25) is 15.0 Å². The van der Waals surface area contributed by atoms with Crippen LogP contribution in [0.1, 0.15) is 26.3 Å². The second-order valence-electron chi connectivity index (χ2n) is 5.37. The first-order chi connectivity index (χ1) is 11.2. The molecule has 23 heavy (non-hydrogen) atoms. The lowest BCUT2D eigenvalue weighted by atomic mass is 9.88. The number of nitrogens with one attached hydrogen (secondary N) is 1. The third-order valence-electron chi connectivity index (χ3n) is 3.84. The fourth-order valence-corrected chi connectivity index (χ4v) is 2.64. The highest BCUT2D eigenvalue weighted by Crippen LogP contribution is 2.28. The molecule has 1 N–H and O–H groups in total. The number of hydrogen-bond donors (Lipinski definition) is 1. The largest absolute Gasteiger partial charge is 0.316 e. The lowest BCUT2D eigenvalue weighted by Gasteiger charge is -2.16. The quantitative estimate of drug-likeness (QED) is 0.817. The molecular formula is C19H24N4. The highest BCUT2D eigenvalue weighted by Gasteiger charge is 2.27. The second kappa shape index (κ2) is 8.34. The van der Waals surface area contributed by atoms with Crippen molar-refractivity contribution in [2.45, 2.75) is 20.8 Å². The average molecular weight is 308 g/mol. The van der Waals surface area contributed by atoms with E-state index in [2.05, 4.69) is 40.2 Å². The molecular weight excluding hydrogens is 284 g/mol. The van der Waals surface area contributed by atoms with E-state index in [1.807, 2.05) is 44.6 Å². The summed E-state index contributed by atoms with van der Waals surface area (Å²) in [7, 11) is 1.96. The molecule has 1 aromatic rings. The van der Waals surface area contributed by atoms with Crippen molar-refractivity contribution in [2.24, 2.45) is 15.9 Å². The molecule has 1 aliphatic rings. The number of hydrogen-bond acceptors (Lipinski definition) is 4. The van der Waals surface area contributed by atoms with Gasteiger partial charge in [-0.1, -0.05) is 19.1 Å². The Morgan fingerprint density at radius 3 is 2.83 bits per heavy atom. The van der Waals surface area contributed by atoms with E-state index < -0.39 is 0 Å². The molecule has 0 saturated carbocycles. The predicted octanol–water partition coefficient (Wildman–Crippen LogP) is 3.54. The van der Waals surface area contributed by atoms with Gasteiger partial charge in [-0.15, -0.1) is 0 Å². The summed E-state index contributed by atoms with van der Waals surface area (Å²) in [6.07, 6.45) is 11.4. The van der Waals surface area contributed by atoms with Crippen molar-refractivity contribution in [2.75, 3.05) is 13.6 Å². The summed E-state index contributed by atoms with van der Waals surface area (Å²) in [5.74, 6) is 0.207. The highest BCUT2D eigenvalue weighted by atomic mass is 14.8. The van der Waals surface area contributed by atoms with Crippen LogP contribution in [0.5, 0.6) is 0 Å². The van der Waals surface area contributed by atoms with E-state index in [9.17, 15) is 0 Å². The molecule has 1 atom stereocenters. The van der Waals surface area contributed by atoms with Crippen LogP contribution in [0.25, 0.3) is 0 Å². The molecule has 0 radical (unpaired) electrons. The third-order valence-corrected chi connectivity index (χ3v) is 3.84. The molecule has 4 heteroatoms. The van der Waals surface area contributed by atoms with E-state index in [0.717, 1.165) is 23.5 Å². The molecule has 0 aromatic carbocycles. The fraction of sp³-hybridized carbons (Fsp3) is 0.316. The molecule has 2 heterocycles. The Morgan fingerprint density at radius 2 is 2.22 bits per heavy atom. The number of aromatic nitrogens is 1. The standard InChI is InChI=1S/C19H24N4/c1-5-9-22-19(16-8-7-10-21-12-16)18-14(3)17(13-23-18)15(6-2)11-20-4/h5-10,12-14,20H,11H2,1-4H3/b9-5-,15-6+,22-19?. The van der Waals surface area contributed by atoms with Crippen LogP contribution in [-0.2, 0) is 0 Å². The predicted molar refractivity (Wildman–Crippen MR) is 98.0 cm³/mol. The molecule has 0 aliphatic carbocycles.